The highest BCUT2D eigenvalue weighted by atomic mass is 19.3. The lowest BCUT2D eigenvalue weighted by Crippen LogP contribution is -1.81. The molecule has 45 valence electrons. The van der Waals surface area contributed by atoms with Crippen molar-refractivity contribution in [1.82, 2.24) is 0 Å². The Morgan fingerprint density at radius 3 is 2.25 bits per heavy atom. The second-order valence-electron chi connectivity index (χ2n) is 1.03. The fraction of sp³-hybridized carbons (Fsp3) is 0.200. The van der Waals surface area contributed by atoms with E-state index in [0.717, 1.165) is 0 Å². The van der Waals surface area contributed by atoms with Crippen LogP contribution in [0.3, 0.4) is 0 Å². The Kier molecular flexibility index (Phi) is 2.99. The zero-order valence-corrected chi connectivity index (χ0v) is 4.00. The van der Waals surface area contributed by atoms with E-state index in [4.69, 9.17) is 0 Å². The van der Waals surface area contributed by atoms with E-state index in [1.54, 1.807) is 6.08 Å². The predicted octanol–water partition coefficient (Wildman–Crippen LogP) is 2.09. The summed E-state index contributed by atoms with van der Waals surface area (Å²) >= 11 is 0. The van der Waals surface area contributed by atoms with Gasteiger partial charge in [-0.05, 0) is 0 Å². The summed E-state index contributed by atoms with van der Waals surface area (Å²) in [5, 5.41) is 0. The lowest BCUT2D eigenvalue weighted by molar-refractivity contribution is 0.201. The summed E-state index contributed by atoms with van der Waals surface area (Å²) in [4.78, 5) is 0. The molecule has 0 aromatic carbocycles. The topological polar surface area (TPSA) is 0 Å². The molecule has 1 radical (unpaired) electrons. The van der Waals surface area contributed by atoms with Crippen LogP contribution in [0.1, 0.15) is 0 Å². The maximum absolute atomic E-state index is 11.6. The van der Waals surface area contributed by atoms with E-state index in [2.05, 4.69) is 6.58 Å². The number of rotatable bonds is 2. The number of hydrogen-bond acceptors (Lipinski definition) is 0. The van der Waals surface area contributed by atoms with Gasteiger partial charge in [-0.25, -0.2) is 13.2 Å². The van der Waals surface area contributed by atoms with Crippen molar-refractivity contribution >= 4 is 0 Å². The van der Waals surface area contributed by atoms with Gasteiger partial charge in [0.05, 0.1) is 0 Å². The molecule has 8 heavy (non-hydrogen) atoms. The first-order valence-corrected chi connectivity index (χ1v) is 1.85. The van der Waals surface area contributed by atoms with Crippen molar-refractivity contribution in [3.8, 4) is 0 Å². The molecule has 0 nitrogen and oxygen atoms in total. The average molecular weight is 121 g/mol. The van der Waals surface area contributed by atoms with Crippen LogP contribution < -0.4 is 0 Å². The number of halogens is 3. The van der Waals surface area contributed by atoms with Gasteiger partial charge in [0.15, 0.2) is 0 Å². The fourth-order valence-electron chi connectivity index (χ4n) is 0.170. The van der Waals surface area contributed by atoms with Crippen molar-refractivity contribution in [2.24, 2.45) is 0 Å². The maximum atomic E-state index is 11.6. The van der Waals surface area contributed by atoms with Crippen molar-refractivity contribution < 1.29 is 13.2 Å². The van der Waals surface area contributed by atoms with E-state index in [1.807, 2.05) is 0 Å². The minimum Gasteiger partial charge on any atom is -0.206 e. The van der Waals surface area contributed by atoms with Crippen molar-refractivity contribution in [1.29, 1.82) is 0 Å². The first kappa shape index (κ1) is 7.27. The molecule has 0 fully saturated rings. The molecule has 0 aliphatic heterocycles. The van der Waals surface area contributed by atoms with Crippen LogP contribution in [0, 0.1) is 6.08 Å². The van der Waals surface area contributed by atoms with E-state index in [1.165, 1.54) is 0 Å². The third-order valence-electron chi connectivity index (χ3n) is 0.441. The van der Waals surface area contributed by atoms with Crippen molar-refractivity contribution in [2.45, 2.75) is 6.43 Å². The molecule has 0 rings (SSSR count). The third-order valence-corrected chi connectivity index (χ3v) is 0.441. The summed E-state index contributed by atoms with van der Waals surface area (Å²) in [6.07, 6.45) is -0.967. The highest BCUT2D eigenvalue weighted by molar-refractivity contribution is 5.01. The van der Waals surface area contributed by atoms with Crippen LogP contribution >= 0.6 is 0 Å². The average Bonchev–Trinajstić information content (AvgIpc) is 1.65. The molecular formula is C5H4F3. The molecule has 0 saturated heterocycles. The lowest BCUT2D eigenvalue weighted by Gasteiger charge is -1.83. The normalized spacial score (nSPS) is 12.2. The van der Waals surface area contributed by atoms with Crippen molar-refractivity contribution in [3.05, 3.63) is 24.6 Å². The summed E-state index contributed by atoms with van der Waals surface area (Å²) in [5.41, 5.74) is 0. The Morgan fingerprint density at radius 2 is 2.12 bits per heavy atom. The van der Waals surface area contributed by atoms with E-state index < -0.39 is 12.3 Å². The van der Waals surface area contributed by atoms with E-state index in [9.17, 15) is 13.2 Å². The zero-order chi connectivity index (χ0) is 6.57. The fourth-order valence-corrected chi connectivity index (χ4v) is 0.170. The molecule has 0 spiro atoms. The first-order chi connectivity index (χ1) is 3.66. The molecule has 0 aliphatic rings. The summed E-state index contributed by atoms with van der Waals surface area (Å²) < 4.78 is 33.8. The van der Waals surface area contributed by atoms with Crippen molar-refractivity contribution in [3.63, 3.8) is 0 Å². The standard InChI is InChI=1S/C5H4F3/c1-2-4(6)3-5(7)8/h3,5H,1H2. The summed E-state index contributed by atoms with van der Waals surface area (Å²) in [7, 11) is 0. The van der Waals surface area contributed by atoms with Crippen LogP contribution in [-0.2, 0) is 0 Å². The van der Waals surface area contributed by atoms with Gasteiger partial charge < -0.3 is 0 Å². The summed E-state index contributed by atoms with van der Waals surface area (Å²) in [5.74, 6) is -1.11. The predicted molar refractivity (Wildman–Crippen MR) is 24.1 cm³/mol. The number of hydrogen-bond donors (Lipinski definition) is 0. The number of alkyl halides is 2. The Morgan fingerprint density at radius 1 is 1.62 bits per heavy atom. The molecule has 0 saturated carbocycles. The van der Waals surface area contributed by atoms with Gasteiger partial charge in [0.2, 0.25) is 0 Å². The first-order valence-electron chi connectivity index (χ1n) is 1.85. The van der Waals surface area contributed by atoms with Gasteiger partial charge in [-0.1, -0.05) is 6.58 Å². The van der Waals surface area contributed by atoms with Gasteiger partial charge in [-0.3, -0.25) is 0 Å². The minimum atomic E-state index is -2.76. The van der Waals surface area contributed by atoms with Crippen LogP contribution in [0.4, 0.5) is 13.2 Å². The van der Waals surface area contributed by atoms with Gasteiger partial charge in [0.25, 0.3) is 6.43 Å². The van der Waals surface area contributed by atoms with Crippen molar-refractivity contribution in [2.75, 3.05) is 0 Å². The van der Waals surface area contributed by atoms with Crippen LogP contribution in [0.5, 0.6) is 0 Å². The van der Waals surface area contributed by atoms with Crippen LogP contribution in [0.2, 0.25) is 0 Å². The SMILES string of the molecule is C=[C]C(F)=CC(F)F. The van der Waals surface area contributed by atoms with E-state index >= 15 is 0 Å². The maximum Gasteiger partial charge on any atom is 0.260 e. The quantitative estimate of drug-likeness (QED) is 0.490. The largest absolute Gasteiger partial charge is 0.260 e. The van der Waals surface area contributed by atoms with E-state index in [-0.39, 0.29) is 6.08 Å². The smallest absolute Gasteiger partial charge is 0.206 e. The monoisotopic (exact) mass is 121 g/mol. The summed E-state index contributed by atoms with van der Waals surface area (Å²) in [6, 6.07) is 0. The second kappa shape index (κ2) is 3.29. The number of allylic oxidation sites excluding steroid dienone is 3. The molecule has 0 aromatic heterocycles. The Hall–Kier alpha value is -0.730. The molecule has 0 atom stereocenters. The summed E-state index contributed by atoms with van der Waals surface area (Å²) in [6.45, 7) is 2.81. The molecule has 0 bridgehead atoms. The van der Waals surface area contributed by atoms with Gasteiger partial charge in [0, 0.05) is 12.2 Å². The molecule has 0 aliphatic carbocycles. The molecule has 0 heterocycles. The zero-order valence-electron chi connectivity index (χ0n) is 4.00. The van der Waals surface area contributed by atoms with Gasteiger partial charge in [-0.2, -0.15) is 0 Å². The molecule has 0 N–H and O–H groups in total. The van der Waals surface area contributed by atoms with Gasteiger partial charge >= 0.3 is 0 Å². The third kappa shape index (κ3) is 3.46. The van der Waals surface area contributed by atoms with Gasteiger partial charge in [-0.15, -0.1) is 0 Å². The lowest BCUT2D eigenvalue weighted by atomic mass is 10.5. The van der Waals surface area contributed by atoms with Crippen LogP contribution in [-0.4, -0.2) is 6.43 Å². The molecule has 0 aromatic rings. The highest BCUT2D eigenvalue weighted by Gasteiger charge is 1.96. The Balaban J connectivity index is 3.74. The second-order valence-corrected chi connectivity index (χ2v) is 1.03. The van der Waals surface area contributed by atoms with Crippen LogP contribution in [0.15, 0.2) is 18.5 Å². The molecular weight excluding hydrogens is 117 g/mol. The highest BCUT2D eigenvalue weighted by Crippen LogP contribution is 2.01. The minimum absolute atomic E-state index is 0.132. The molecule has 0 amide bonds. The Bertz CT molecular complexity index is 104. The van der Waals surface area contributed by atoms with Crippen LogP contribution in [0.25, 0.3) is 0 Å². The van der Waals surface area contributed by atoms with Gasteiger partial charge in [0.1, 0.15) is 5.83 Å². The Labute approximate surface area is 45.3 Å². The molecule has 3 heteroatoms. The molecule has 0 unspecified atom stereocenters. The van der Waals surface area contributed by atoms with E-state index in [0.29, 0.717) is 0 Å².